The highest BCUT2D eigenvalue weighted by Gasteiger charge is 2.51. The van der Waals surface area contributed by atoms with Crippen molar-refractivity contribution in [1.29, 1.82) is 0 Å². The monoisotopic (exact) mass is 802 g/mol. The van der Waals surface area contributed by atoms with Crippen molar-refractivity contribution in [2.24, 2.45) is 0 Å². The standard InChI is InChI=1S/C61H42N2/c1-60(2)55-36-41(59-51(39-17-5-3-6-18-39)35-40-19-9-16-28-58(40)62-59)29-32-48(55)49-33-30-43(37-56(49)60)63(42-20-7-4-8-21-42)44-31-34-50-47-24-12-15-27-54(47)61(57(50)38-44)52-25-13-10-22-45(52)46-23-11-14-26-53(46)61/h3-38H,1-2H3. The van der Waals surface area contributed by atoms with E-state index in [1.54, 1.807) is 0 Å². The molecule has 0 saturated heterocycles. The fraction of sp³-hybridized carbons (Fsp3) is 0.0656. The molecule has 0 amide bonds. The summed E-state index contributed by atoms with van der Waals surface area (Å²) in [6, 6.07) is 80.8. The number of benzene rings is 9. The van der Waals surface area contributed by atoms with Crippen LogP contribution in [0.3, 0.4) is 0 Å². The Morgan fingerprint density at radius 1 is 0.333 bits per heavy atom. The Bertz CT molecular complexity index is 3430. The molecular weight excluding hydrogens is 761 g/mol. The second-order valence-corrected chi connectivity index (χ2v) is 17.8. The van der Waals surface area contributed by atoms with Gasteiger partial charge in [-0.1, -0.05) is 178 Å². The van der Waals surface area contributed by atoms with Gasteiger partial charge in [0.05, 0.1) is 16.6 Å². The van der Waals surface area contributed by atoms with E-state index >= 15 is 0 Å². The van der Waals surface area contributed by atoms with Crippen molar-refractivity contribution in [2.45, 2.75) is 24.7 Å². The minimum absolute atomic E-state index is 0.260. The molecular formula is C61H42N2. The minimum atomic E-state index is -0.420. The molecule has 63 heavy (non-hydrogen) atoms. The lowest BCUT2D eigenvalue weighted by Gasteiger charge is -2.32. The van der Waals surface area contributed by atoms with Crippen LogP contribution >= 0.6 is 0 Å². The lowest BCUT2D eigenvalue weighted by molar-refractivity contribution is 0.660. The van der Waals surface area contributed by atoms with Gasteiger partial charge in [0.25, 0.3) is 0 Å². The van der Waals surface area contributed by atoms with Crippen molar-refractivity contribution in [3.8, 4) is 55.8 Å². The molecule has 1 aromatic heterocycles. The maximum Gasteiger partial charge on any atom is 0.0788 e. The smallest absolute Gasteiger partial charge is 0.0788 e. The Morgan fingerprint density at radius 3 is 1.44 bits per heavy atom. The van der Waals surface area contributed by atoms with E-state index in [-0.39, 0.29) is 5.41 Å². The molecule has 0 fully saturated rings. The topological polar surface area (TPSA) is 16.1 Å². The number of pyridine rings is 1. The maximum atomic E-state index is 5.33. The SMILES string of the molecule is CC1(C)c2cc(-c3nc4ccccc4cc3-c3ccccc3)ccc2-c2ccc(N(c3ccccc3)c3ccc4c(c3)C3(c5ccccc5-c5ccccc53)c3ccccc3-4)cc21. The van der Waals surface area contributed by atoms with Gasteiger partial charge in [-0.3, -0.25) is 0 Å². The quantitative estimate of drug-likeness (QED) is 0.172. The lowest BCUT2D eigenvalue weighted by Crippen LogP contribution is -2.26. The highest BCUT2D eigenvalue weighted by molar-refractivity contribution is 5.97. The zero-order chi connectivity index (χ0) is 41.9. The molecule has 296 valence electrons. The van der Waals surface area contributed by atoms with E-state index in [9.17, 15) is 0 Å². The highest BCUT2D eigenvalue weighted by Crippen LogP contribution is 2.63. The largest absolute Gasteiger partial charge is 0.310 e. The summed E-state index contributed by atoms with van der Waals surface area (Å²) in [4.78, 5) is 7.79. The van der Waals surface area contributed by atoms with Crippen LogP contribution in [0.4, 0.5) is 17.1 Å². The zero-order valence-electron chi connectivity index (χ0n) is 35.2. The molecule has 10 aromatic rings. The van der Waals surface area contributed by atoms with E-state index in [4.69, 9.17) is 4.98 Å². The van der Waals surface area contributed by atoms with E-state index in [2.05, 4.69) is 237 Å². The lowest BCUT2D eigenvalue weighted by atomic mass is 9.70. The Morgan fingerprint density at radius 2 is 0.810 bits per heavy atom. The van der Waals surface area contributed by atoms with Crippen molar-refractivity contribution in [3.05, 3.63) is 252 Å². The molecule has 2 heteroatoms. The van der Waals surface area contributed by atoms with Crippen LogP contribution in [0.15, 0.2) is 218 Å². The number of anilines is 3. The first-order chi connectivity index (χ1) is 31.0. The molecule has 1 spiro atoms. The molecule has 1 heterocycles. The number of fused-ring (bicyclic) bond motifs is 14. The first-order valence-electron chi connectivity index (χ1n) is 22.0. The maximum absolute atomic E-state index is 5.33. The van der Waals surface area contributed by atoms with Crippen LogP contribution in [0.2, 0.25) is 0 Å². The summed E-state index contributed by atoms with van der Waals surface area (Å²) in [5.74, 6) is 0. The van der Waals surface area contributed by atoms with Gasteiger partial charge in [-0.25, -0.2) is 4.98 Å². The summed E-state index contributed by atoms with van der Waals surface area (Å²) in [5.41, 5.74) is 24.0. The van der Waals surface area contributed by atoms with Gasteiger partial charge >= 0.3 is 0 Å². The predicted octanol–water partition coefficient (Wildman–Crippen LogP) is 15.7. The number of rotatable bonds is 5. The van der Waals surface area contributed by atoms with Gasteiger partial charge in [-0.05, 0) is 127 Å². The summed E-state index contributed by atoms with van der Waals surface area (Å²) in [6.45, 7) is 4.77. The summed E-state index contributed by atoms with van der Waals surface area (Å²) in [6.07, 6.45) is 0. The van der Waals surface area contributed by atoms with Crippen LogP contribution in [0.5, 0.6) is 0 Å². The molecule has 0 atom stereocenters. The number of aromatic nitrogens is 1. The van der Waals surface area contributed by atoms with Crippen molar-refractivity contribution in [1.82, 2.24) is 4.98 Å². The van der Waals surface area contributed by atoms with Crippen molar-refractivity contribution >= 4 is 28.0 Å². The van der Waals surface area contributed by atoms with Crippen molar-refractivity contribution in [3.63, 3.8) is 0 Å². The summed E-state index contributed by atoms with van der Waals surface area (Å²) in [5, 5.41) is 1.14. The molecule has 3 aliphatic rings. The normalized spacial score (nSPS) is 14.1. The second-order valence-electron chi connectivity index (χ2n) is 17.8. The summed E-state index contributed by atoms with van der Waals surface area (Å²) in [7, 11) is 0. The summed E-state index contributed by atoms with van der Waals surface area (Å²) < 4.78 is 0. The Balaban J connectivity index is 0.965. The molecule has 0 saturated carbocycles. The van der Waals surface area contributed by atoms with Gasteiger partial charge in [-0.15, -0.1) is 0 Å². The van der Waals surface area contributed by atoms with Gasteiger partial charge in [-0.2, -0.15) is 0 Å². The van der Waals surface area contributed by atoms with Gasteiger partial charge in [0.1, 0.15) is 0 Å². The van der Waals surface area contributed by atoms with Crippen molar-refractivity contribution in [2.75, 3.05) is 4.90 Å². The van der Waals surface area contributed by atoms with E-state index < -0.39 is 5.41 Å². The van der Waals surface area contributed by atoms with Crippen LogP contribution in [-0.2, 0) is 10.8 Å². The molecule has 0 radical (unpaired) electrons. The van der Waals surface area contributed by atoms with E-state index in [0.717, 1.165) is 44.8 Å². The van der Waals surface area contributed by atoms with Gasteiger partial charge in [0.15, 0.2) is 0 Å². The summed E-state index contributed by atoms with van der Waals surface area (Å²) >= 11 is 0. The number of hydrogen-bond acceptors (Lipinski definition) is 2. The van der Waals surface area contributed by atoms with E-state index in [0.29, 0.717) is 0 Å². The Kier molecular flexibility index (Phi) is 7.60. The average Bonchev–Trinajstić information content (AvgIpc) is 3.89. The van der Waals surface area contributed by atoms with Gasteiger partial charge in [0, 0.05) is 39.0 Å². The third kappa shape index (κ3) is 5.04. The van der Waals surface area contributed by atoms with Crippen LogP contribution in [0.1, 0.15) is 47.2 Å². The molecule has 13 rings (SSSR count). The number of nitrogens with zero attached hydrogens (tertiary/aromatic N) is 2. The third-order valence-electron chi connectivity index (χ3n) is 14.3. The van der Waals surface area contributed by atoms with Crippen LogP contribution in [-0.4, -0.2) is 4.98 Å². The Hall–Kier alpha value is -7.81. The number of para-hydroxylation sites is 2. The molecule has 0 bridgehead atoms. The molecule has 0 unspecified atom stereocenters. The molecule has 3 aliphatic carbocycles. The van der Waals surface area contributed by atoms with E-state index in [1.807, 2.05) is 0 Å². The molecule has 0 N–H and O–H groups in total. The van der Waals surface area contributed by atoms with Crippen molar-refractivity contribution < 1.29 is 0 Å². The minimum Gasteiger partial charge on any atom is -0.310 e. The van der Waals surface area contributed by atoms with Gasteiger partial charge in [0.2, 0.25) is 0 Å². The molecule has 0 aliphatic heterocycles. The van der Waals surface area contributed by atoms with Crippen LogP contribution in [0, 0.1) is 0 Å². The third-order valence-corrected chi connectivity index (χ3v) is 14.3. The van der Waals surface area contributed by atoms with Gasteiger partial charge < -0.3 is 4.90 Å². The molecule has 2 nitrogen and oxygen atoms in total. The number of hydrogen-bond donors (Lipinski definition) is 0. The first-order valence-corrected chi connectivity index (χ1v) is 22.0. The zero-order valence-corrected chi connectivity index (χ0v) is 35.2. The second kappa shape index (κ2) is 13.3. The first kappa shape index (κ1) is 35.9. The predicted molar refractivity (Wildman–Crippen MR) is 261 cm³/mol. The average molecular weight is 803 g/mol. The van der Waals surface area contributed by atoms with Crippen LogP contribution < -0.4 is 4.90 Å². The van der Waals surface area contributed by atoms with Crippen LogP contribution in [0.25, 0.3) is 66.7 Å². The fourth-order valence-corrected chi connectivity index (χ4v) is 11.4. The van der Waals surface area contributed by atoms with E-state index in [1.165, 1.54) is 72.3 Å². The highest BCUT2D eigenvalue weighted by atomic mass is 15.1. The Labute approximate surface area is 368 Å². The molecule has 9 aromatic carbocycles. The fourth-order valence-electron chi connectivity index (χ4n) is 11.4.